The number of nitrogens with two attached hydrogens (primary N) is 1. The normalized spacial score (nSPS) is 9.80. The molecule has 2 aromatic rings. The van der Waals surface area contributed by atoms with Crippen LogP contribution in [0.2, 0.25) is 0 Å². The number of hydrogen-bond acceptors (Lipinski definition) is 3. The molecule has 0 saturated heterocycles. The van der Waals surface area contributed by atoms with Crippen LogP contribution in [0.5, 0.6) is 0 Å². The zero-order valence-corrected chi connectivity index (χ0v) is 7.90. The second kappa shape index (κ2) is 3.43. The Hall–Kier alpha value is -2.34. The van der Waals surface area contributed by atoms with Crippen LogP contribution in [-0.2, 0) is 0 Å². The van der Waals surface area contributed by atoms with E-state index in [0.29, 0.717) is 11.2 Å². The van der Waals surface area contributed by atoms with Crippen molar-refractivity contribution < 1.29 is 4.79 Å². The first-order chi connectivity index (χ1) is 7.22. The molecule has 0 atom stereocenters. The van der Waals surface area contributed by atoms with Crippen LogP contribution in [0.25, 0.3) is 10.9 Å². The number of pyridine rings is 1. The molecule has 0 bridgehead atoms. The largest absolute Gasteiger partial charge is 0.398 e. The quantitative estimate of drug-likeness (QED) is 0.428. The maximum absolute atomic E-state index is 11.3. The molecule has 0 aliphatic carbocycles. The summed E-state index contributed by atoms with van der Waals surface area (Å²) < 4.78 is 0. The number of ketones is 1. The molecule has 2 rings (SSSR count). The Morgan fingerprint density at radius 3 is 2.87 bits per heavy atom. The number of para-hydroxylation sites is 1. The summed E-state index contributed by atoms with van der Waals surface area (Å²) in [7, 11) is 0. The van der Waals surface area contributed by atoms with Crippen molar-refractivity contribution in [2.45, 2.75) is 0 Å². The second-order valence-corrected chi connectivity index (χ2v) is 3.09. The average molecular weight is 196 g/mol. The van der Waals surface area contributed by atoms with Gasteiger partial charge >= 0.3 is 0 Å². The van der Waals surface area contributed by atoms with Gasteiger partial charge in [-0.05, 0) is 18.1 Å². The van der Waals surface area contributed by atoms with Crippen molar-refractivity contribution in [1.29, 1.82) is 0 Å². The topological polar surface area (TPSA) is 56.0 Å². The van der Waals surface area contributed by atoms with Crippen LogP contribution in [0.4, 0.5) is 5.69 Å². The fourth-order valence-electron chi connectivity index (χ4n) is 1.39. The Morgan fingerprint density at radius 2 is 2.13 bits per heavy atom. The van der Waals surface area contributed by atoms with E-state index in [0.717, 1.165) is 5.39 Å². The van der Waals surface area contributed by atoms with Gasteiger partial charge in [-0.2, -0.15) is 0 Å². The van der Waals surface area contributed by atoms with Crippen LogP contribution < -0.4 is 5.73 Å². The highest BCUT2D eigenvalue weighted by Crippen LogP contribution is 2.19. The third kappa shape index (κ3) is 1.53. The number of benzene rings is 1. The Balaban J connectivity index is 2.74. The van der Waals surface area contributed by atoms with Crippen molar-refractivity contribution in [3.63, 3.8) is 0 Å². The van der Waals surface area contributed by atoms with Crippen molar-refractivity contribution in [3.05, 3.63) is 36.0 Å². The molecule has 72 valence electrons. The van der Waals surface area contributed by atoms with Crippen LogP contribution in [0.1, 0.15) is 10.5 Å². The van der Waals surface area contributed by atoms with Gasteiger partial charge < -0.3 is 5.73 Å². The molecule has 0 amide bonds. The zero-order chi connectivity index (χ0) is 10.8. The Kier molecular flexibility index (Phi) is 2.11. The van der Waals surface area contributed by atoms with Crippen molar-refractivity contribution in [1.82, 2.24) is 4.98 Å². The molecular weight excluding hydrogens is 188 g/mol. The summed E-state index contributed by atoms with van der Waals surface area (Å²) >= 11 is 0. The van der Waals surface area contributed by atoms with Gasteiger partial charge in [0.1, 0.15) is 5.69 Å². The molecule has 1 aromatic heterocycles. The fourth-order valence-corrected chi connectivity index (χ4v) is 1.39. The van der Waals surface area contributed by atoms with Crippen LogP contribution in [0, 0.1) is 12.3 Å². The van der Waals surface area contributed by atoms with Crippen molar-refractivity contribution in [3.8, 4) is 12.3 Å². The lowest BCUT2D eigenvalue weighted by Crippen LogP contribution is -2.01. The summed E-state index contributed by atoms with van der Waals surface area (Å²) in [6.07, 6.45) is 5.02. The second-order valence-electron chi connectivity index (χ2n) is 3.09. The predicted octanol–water partition coefficient (Wildman–Crippen LogP) is 1.63. The van der Waals surface area contributed by atoms with Gasteiger partial charge in [-0.1, -0.05) is 18.2 Å². The molecule has 15 heavy (non-hydrogen) atoms. The van der Waals surface area contributed by atoms with E-state index in [1.54, 1.807) is 6.07 Å². The molecule has 2 N–H and O–H groups in total. The molecule has 0 spiro atoms. The molecule has 0 fully saturated rings. The van der Waals surface area contributed by atoms with Crippen molar-refractivity contribution >= 4 is 22.4 Å². The summed E-state index contributed by atoms with van der Waals surface area (Å²) in [5, 5.41) is 0.825. The predicted molar refractivity (Wildman–Crippen MR) is 59.3 cm³/mol. The maximum Gasteiger partial charge on any atom is 0.254 e. The lowest BCUT2D eigenvalue weighted by molar-refractivity contribution is 0.105. The van der Waals surface area contributed by atoms with E-state index in [1.165, 1.54) is 6.07 Å². The highest BCUT2D eigenvalue weighted by Gasteiger charge is 2.07. The minimum Gasteiger partial charge on any atom is -0.398 e. The van der Waals surface area contributed by atoms with Crippen LogP contribution in [0.15, 0.2) is 30.3 Å². The molecule has 3 heteroatoms. The number of aromatic nitrogens is 1. The maximum atomic E-state index is 11.3. The molecule has 0 aliphatic rings. The first-order valence-electron chi connectivity index (χ1n) is 4.38. The van der Waals surface area contributed by atoms with Crippen LogP contribution >= 0.6 is 0 Å². The van der Waals surface area contributed by atoms with Gasteiger partial charge in [0.2, 0.25) is 0 Å². The summed E-state index contributed by atoms with van der Waals surface area (Å²) in [6.45, 7) is 0. The molecular formula is C12H8N2O. The van der Waals surface area contributed by atoms with Crippen LogP contribution in [0.3, 0.4) is 0 Å². The van der Waals surface area contributed by atoms with Gasteiger partial charge in [0.25, 0.3) is 5.78 Å². The van der Waals surface area contributed by atoms with Gasteiger partial charge in [0, 0.05) is 11.1 Å². The number of fused-ring (bicyclic) bond motifs is 1. The monoisotopic (exact) mass is 196 g/mol. The Morgan fingerprint density at radius 1 is 1.40 bits per heavy atom. The van der Waals surface area contributed by atoms with Crippen molar-refractivity contribution in [2.75, 3.05) is 5.73 Å². The number of nitrogen functional groups attached to an aromatic ring is 1. The minimum absolute atomic E-state index is 0.216. The fraction of sp³-hybridized carbons (Fsp3) is 0. The van der Waals surface area contributed by atoms with Gasteiger partial charge in [-0.15, -0.1) is 6.42 Å². The van der Waals surface area contributed by atoms with Gasteiger partial charge in [0.15, 0.2) is 0 Å². The van der Waals surface area contributed by atoms with E-state index in [4.69, 9.17) is 12.2 Å². The number of carbonyl (C=O) groups is 1. The van der Waals surface area contributed by atoms with Gasteiger partial charge in [0.05, 0.1) is 5.52 Å². The van der Waals surface area contributed by atoms with E-state index >= 15 is 0 Å². The number of carbonyl (C=O) groups excluding carboxylic acids is 1. The smallest absolute Gasteiger partial charge is 0.254 e. The number of rotatable bonds is 1. The summed E-state index contributed by atoms with van der Waals surface area (Å²) in [4.78, 5) is 15.4. The molecule has 0 aliphatic heterocycles. The van der Waals surface area contributed by atoms with Crippen LogP contribution in [-0.4, -0.2) is 10.8 Å². The Labute approximate surface area is 86.9 Å². The van der Waals surface area contributed by atoms with E-state index in [2.05, 4.69) is 4.98 Å². The standard InChI is InChI=1S/C12H8N2O/c1-2-12(15)11-7-9(13)8-5-3-4-6-10(8)14-11/h1,3-7H,(H2,13,14). The number of hydrogen-bond donors (Lipinski definition) is 1. The molecule has 1 heterocycles. The zero-order valence-electron chi connectivity index (χ0n) is 7.90. The summed E-state index contributed by atoms with van der Waals surface area (Å²) in [5.41, 5.74) is 7.20. The molecule has 0 saturated carbocycles. The first kappa shape index (κ1) is 9.22. The average Bonchev–Trinajstić information content (AvgIpc) is 2.28. The number of terminal acetylenes is 1. The Bertz CT molecular complexity index is 582. The number of anilines is 1. The van der Waals surface area contributed by atoms with E-state index in [1.807, 2.05) is 24.1 Å². The van der Waals surface area contributed by atoms with Gasteiger partial charge in [-0.3, -0.25) is 4.79 Å². The highest BCUT2D eigenvalue weighted by atomic mass is 16.1. The molecule has 1 aromatic carbocycles. The highest BCUT2D eigenvalue weighted by molar-refractivity contribution is 6.09. The number of nitrogens with zero attached hydrogens (tertiary/aromatic N) is 1. The third-order valence-electron chi connectivity index (χ3n) is 2.11. The minimum atomic E-state index is -0.451. The third-order valence-corrected chi connectivity index (χ3v) is 2.11. The van der Waals surface area contributed by atoms with E-state index in [9.17, 15) is 4.79 Å². The van der Waals surface area contributed by atoms with E-state index in [-0.39, 0.29) is 5.69 Å². The SMILES string of the molecule is C#CC(=O)c1cc(N)c2ccccc2n1. The summed E-state index contributed by atoms with van der Waals surface area (Å²) in [5.74, 6) is 1.56. The lowest BCUT2D eigenvalue weighted by Gasteiger charge is -2.02. The van der Waals surface area contributed by atoms with E-state index < -0.39 is 5.78 Å². The molecule has 0 radical (unpaired) electrons. The lowest BCUT2D eigenvalue weighted by atomic mass is 10.1. The summed E-state index contributed by atoms with van der Waals surface area (Å²) in [6, 6.07) is 8.84. The van der Waals surface area contributed by atoms with Gasteiger partial charge in [-0.25, -0.2) is 4.98 Å². The number of Topliss-reactive ketones (excluding diaryl/α,β-unsaturated/α-hetero) is 1. The molecule has 0 unspecified atom stereocenters. The van der Waals surface area contributed by atoms with Crippen molar-refractivity contribution in [2.24, 2.45) is 0 Å². The first-order valence-corrected chi connectivity index (χ1v) is 4.38. The molecule has 3 nitrogen and oxygen atoms in total.